The summed E-state index contributed by atoms with van der Waals surface area (Å²) in [5, 5.41) is 0.833. The maximum Gasteiger partial charge on any atom is 0.255 e. The Morgan fingerprint density at radius 2 is 1.97 bits per heavy atom. The zero-order chi connectivity index (χ0) is 27.2. The van der Waals surface area contributed by atoms with E-state index < -0.39 is 17.9 Å². The Morgan fingerprint density at radius 1 is 1.21 bits per heavy atom. The highest BCUT2D eigenvalue weighted by Crippen LogP contribution is 2.47. The smallest absolute Gasteiger partial charge is 0.255 e. The van der Waals surface area contributed by atoms with E-state index in [4.69, 9.17) is 33.8 Å². The van der Waals surface area contributed by atoms with Gasteiger partial charge in [-0.1, -0.05) is 72.5 Å². The van der Waals surface area contributed by atoms with E-state index in [-0.39, 0.29) is 24.6 Å². The lowest BCUT2D eigenvalue weighted by Crippen LogP contribution is -2.57. The third-order valence-electron chi connectivity index (χ3n) is 7.16. The number of hydrogen-bond donors (Lipinski definition) is 2. The summed E-state index contributed by atoms with van der Waals surface area (Å²) in [4.78, 5) is 39.2. The molecule has 38 heavy (non-hydrogen) atoms. The summed E-state index contributed by atoms with van der Waals surface area (Å²) in [5.74, 6) is -1.39. The molecule has 0 saturated heterocycles. The van der Waals surface area contributed by atoms with Crippen LogP contribution in [0.15, 0.2) is 71.4 Å². The number of benzene rings is 2. The van der Waals surface area contributed by atoms with Gasteiger partial charge in [0.25, 0.3) is 11.8 Å². The van der Waals surface area contributed by atoms with E-state index in [0.717, 1.165) is 25.7 Å². The zero-order valence-corrected chi connectivity index (χ0v) is 22.8. The standard InChI is InChI=1S/C29H32Cl2N4O3/c1-3-4-9-19(33-2)17-38-34-28(36)26-20-10-5-6-11-21(20)29(37)35(25-13-8-7-12-24(25)32)27(26)22-15-14-18(30)16-23(22)31/h3-6,9-11,14-16,24-27H,2,7-8,12-13,17,32H2,1H3,(H,34,36)/b4-3-,19-9-/t24-,25-,26+,27-/m1/s1. The van der Waals surface area contributed by atoms with Gasteiger partial charge in [-0.05, 0) is 61.9 Å². The number of carbonyl (C=O) groups is 2. The number of hydroxylamine groups is 1. The van der Waals surface area contributed by atoms with Crippen molar-refractivity contribution < 1.29 is 14.4 Å². The molecule has 0 spiro atoms. The van der Waals surface area contributed by atoms with Crippen LogP contribution in [-0.2, 0) is 9.63 Å². The first-order chi connectivity index (χ1) is 18.4. The molecule has 1 fully saturated rings. The van der Waals surface area contributed by atoms with Crippen LogP contribution >= 0.6 is 23.2 Å². The first-order valence-electron chi connectivity index (χ1n) is 12.7. The molecule has 2 amide bonds. The Bertz CT molecular complexity index is 1260. The minimum absolute atomic E-state index is 0.0243. The number of aliphatic imine (C=N–C) groups is 1. The number of carbonyl (C=O) groups excluding carboxylic acids is 2. The highest BCUT2D eigenvalue weighted by molar-refractivity contribution is 6.35. The maximum absolute atomic E-state index is 14.0. The molecule has 4 atom stereocenters. The van der Waals surface area contributed by atoms with E-state index in [0.29, 0.717) is 32.4 Å². The third-order valence-corrected chi connectivity index (χ3v) is 7.72. The molecule has 1 aliphatic carbocycles. The molecule has 7 nitrogen and oxygen atoms in total. The fourth-order valence-corrected chi connectivity index (χ4v) is 5.88. The molecular formula is C29H32Cl2N4O3. The van der Waals surface area contributed by atoms with E-state index >= 15 is 0 Å². The van der Waals surface area contributed by atoms with Gasteiger partial charge in [0.15, 0.2) is 0 Å². The van der Waals surface area contributed by atoms with E-state index in [1.54, 1.807) is 47.4 Å². The van der Waals surface area contributed by atoms with Crippen molar-refractivity contribution in [2.75, 3.05) is 6.61 Å². The summed E-state index contributed by atoms with van der Waals surface area (Å²) in [5.41, 5.74) is 11.4. The highest BCUT2D eigenvalue weighted by atomic mass is 35.5. The van der Waals surface area contributed by atoms with Gasteiger partial charge in [-0.2, -0.15) is 0 Å². The average molecular weight is 556 g/mol. The van der Waals surface area contributed by atoms with Gasteiger partial charge in [0.2, 0.25) is 0 Å². The molecule has 2 aliphatic rings. The quantitative estimate of drug-likeness (QED) is 0.246. The molecule has 9 heteroatoms. The van der Waals surface area contributed by atoms with Gasteiger partial charge in [0.1, 0.15) is 6.61 Å². The molecule has 3 N–H and O–H groups in total. The Morgan fingerprint density at radius 3 is 2.68 bits per heavy atom. The number of fused-ring (bicyclic) bond motifs is 1. The van der Waals surface area contributed by atoms with Gasteiger partial charge in [0.05, 0.1) is 17.7 Å². The Balaban J connectivity index is 1.78. The largest absolute Gasteiger partial charge is 0.326 e. The normalized spacial score (nSPS) is 23.8. The van der Waals surface area contributed by atoms with Crippen molar-refractivity contribution in [2.45, 2.75) is 56.7 Å². The van der Waals surface area contributed by atoms with Crippen LogP contribution in [0.4, 0.5) is 0 Å². The molecule has 0 bridgehead atoms. The van der Waals surface area contributed by atoms with Crippen molar-refractivity contribution in [3.63, 3.8) is 0 Å². The summed E-state index contributed by atoms with van der Waals surface area (Å²) in [6.45, 7) is 5.46. The van der Waals surface area contributed by atoms with Crippen LogP contribution < -0.4 is 11.2 Å². The number of allylic oxidation sites excluding steroid dienone is 3. The number of nitrogens with zero attached hydrogens (tertiary/aromatic N) is 2. The lowest BCUT2D eigenvalue weighted by atomic mass is 9.76. The van der Waals surface area contributed by atoms with Crippen LogP contribution in [0.5, 0.6) is 0 Å². The molecule has 0 unspecified atom stereocenters. The molecule has 2 aromatic carbocycles. The topological polar surface area (TPSA) is 97.0 Å². The summed E-state index contributed by atoms with van der Waals surface area (Å²) in [7, 11) is 0. The van der Waals surface area contributed by atoms with Crippen LogP contribution in [0.1, 0.15) is 66.1 Å². The second kappa shape index (κ2) is 12.7. The van der Waals surface area contributed by atoms with Crippen molar-refractivity contribution >= 4 is 41.7 Å². The minimum Gasteiger partial charge on any atom is -0.326 e. The van der Waals surface area contributed by atoms with Gasteiger partial charge in [-0.3, -0.25) is 19.4 Å². The SMILES string of the molecule is C=N/C(=C\C=C/C)CONC(=O)[C@H]1c2ccccc2C(=O)N([C@@H]2CCCC[C@H]2N)[C@@H]1c1ccc(Cl)cc1Cl. The van der Waals surface area contributed by atoms with Crippen molar-refractivity contribution in [1.82, 2.24) is 10.4 Å². The first-order valence-corrected chi connectivity index (χ1v) is 13.4. The number of rotatable bonds is 8. The lowest BCUT2D eigenvalue weighted by Gasteiger charge is -2.48. The molecule has 1 heterocycles. The third kappa shape index (κ3) is 5.86. The van der Waals surface area contributed by atoms with Crippen LogP contribution in [-0.4, -0.2) is 42.1 Å². The molecule has 1 saturated carbocycles. The second-order valence-electron chi connectivity index (χ2n) is 9.50. The van der Waals surface area contributed by atoms with Gasteiger partial charge >= 0.3 is 0 Å². The Hall–Kier alpha value is -2.97. The minimum atomic E-state index is -0.809. The lowest BCUT2D eigenvalue weighted by molar-refractivity contribution is -0.136. The molecule has 4 rings (SSSR count). The van der Waals surface area contributed by atoms with Crippen molar-refractivity contribution in [2.24, 2.45) is 10.7 Å². The van der Waals surface area contributed by atoms with Gasteiger partial charge in [0, 0.05) is 27.7 Å². The zero-order valence-electron chi connectivity index (χ0n) is 21.3. The summed E-state index contributed by atoms with van der Waals surface area (Å²) < 4.78 is 0. The highest BCUT2D eigenvalue weighted by Gasteiger charge is 2.48. The fourth-order valence-electron chi connectivity index (χ4n) is 5.36. The summed E-state index contributed by atoms with van der Waals surface area (Å²) in [6.07, 6.45) is 8.89. The van der Waals surface area contributed by atoms with Crippen LogP contribution in [0.3, 0.4) is 0 Å². The number of nitrogens with one attached hydrogen (secondary N) is 1. The molecule has 2 aromatic rings. The predicted molar refractivity (Wildman–Crippen MR) is 151 cm³/mol. The molecule has 1 aliphatic heterocycles. The fraction of sp³-hybridized carbons (Fsp3) is 0.345. The van der Waals surface area contributed by atoms with Crippen LogP contribution in [0, 0.1) is 0 Å². The van der Waals surface area contributed by atoms with E-state index in [1.165, 1.54) is 0 Å². The first kappa shape index (κ1) is 28.0. The monoisotopic (exact) mass is 554 g/mol. The van der Waals surface area contributed by atoms with Crippen LogP contribution in [0.25, 0.3) is 0 Å². The van der Waals surface area contributed by atoms with Gasteiger partial charge in [-0.25, -0.2) is 5.48 Å². The van der Waals surface area contributed by atoms with Crippen molar-refractivity contribution in [1.29, 1.82) is 0 Å². The van der Waals surface area contributed by atoms with E-state index in [1.807, 2.05) is 25.1 Å². The van der Waals surface area contributed by atoms with E-state index in [9.17, 15) is 9.59 Å². The van der Waals surface area contributed by atoms with Crippen molar-refractivity contribution in [3.05, 3.63) is 93.1 Å². The maximum atomic E-state index is 14.0. The van der Waals surface area contributed by atoms with E-state index in [2.05, 4.69) is 17.2 Å². The molecule has 0 radical (unpaired) electrons. The van der Waals surface area contributed by atoms with Crippen LogP contribution in [0.2, 0.25) is 10.0 Å². The summed E-state index contributed by atoms with van der Waals surface area (Å²) in [6, 6.07) is 11.1. The predicted octanol–water partition coefficient (Wildman–Crippen LogP) is 5.75. The van der Waals surface area contributed by atoms with Crippen molar-refractivity contribution in [3.8, 4) is 0 Å². The second-order valence-corrected chi connectivity index (χ2v) is 10.3. The Kier molecular flexibility index (Phi) is 9.39. The number of nitrogens with two attached hydrogens (primary N) is 1. The van der Waals surface area contributed by atoms with Gasteiger partial charge in [-0.15, -0.1) is 0 Å². The summed E-state index contributed by atoms with van der Waals surface area (Å²) >= 11 is 12.9. The molecule has 0 aromatic heterocycles. The molecular weight excluding hydrogens is 523 g/mol. The molecule has 200 valence electrons. The average Bonchev–Trinajstić information content (AvgIpc) is 2.91. The Labute approximate surface area is 233 Å². The number of amides is 2. The van der Waals surface area contributed by atoms with Gasteiger partial charge < -0.3 is 10.6 Å². The number of hydrogen-bond acceptors (Lipinski definition) is 5. The number of halogens is 2.